The van der Waals surface area contributed by atoms with E-state index in [9.17, 15) is 53.1 Å². The van der Waals surface area contributed by atoms with Crippen LogP contribution in [0.15, 0.2) is 23.0 Å². The van der Waals surface area contributed by atoms with Gasteiger partial charge in [0.05, 0.1) is 17.2 Å². The third-order valence-electron chi connectivity index (χ3n) is 9.45. The number of hydrogen-bond donors (Lipinski definition) is 6. The molecule has 1 aromatic carbocycles. The largest absolute Gasteiger partial charge is 0.508 e. The number of amides is 1. The Morgan fingerprint density at radius 2 is 1.79 bits per heavy atom. The number of nitrogens with two attached hydrogens (primary N) is 1. The Hall–Kier alpha value is -3.46. The van der Waals surface area contributed by atoms with Crippen molar-refractivity contribution in [2.75, 3.05) is 33.8 Å². The lowest BCUT2D eigenvalue weighted by atomic mass is 9.57. The number of likely N-dealkylation sites (tertiary alicyclic amines) is 1. The first-order valence-electron chi connectivity index (χ1n) is 14.0. The Labute approximate surface area is 244 Å². The van der Waals surface area contributed by atoms with Gasteiger partial charge in [0.25, 0.3) is 5.91 Å². The van der Waals surface area contributed by atoms with Crippen molar-refractivity contribution in [2.24, 2.45) is 23.5 Å². The maximum absolute atomic E-state index is 14.7. The molecule has 14 heteroatoms. The third-order valence-corrected chi connectivity index (χ3v) is 9.45. The second-order valence-corrected chi connectivity index (χ2v) is 12.1. The number of carbonyl (C=O) groups excluding carboxylic acids is 3. The smallest absolute Gasteiger partial charge is 0.417 e. The van der Waals surface area contributed by atoms with Gasteiger partial charge in [-0.25, -0.2) is 0 Å². The molecular formula is C29H34F3N3O8. The number of Topliss-reactive ketones (excluding diaryl/α,β-unsaturated/α-hetero) is 2. The van der Waals surface area contributed by atoms with E-state index >= 15 is 0 Å². The lowest BCUT2D eigenvalue weighted by molar-refractivity contribution is -0.153. The summed E-state index contributed by atoms with van der Waals surface area (Å²) in [6, 6.07) is -0.438. The first-order valence-corrected chi connectivity index (χ1v) is 14.0. The van der Waals surface area contributed by atoms with Gasteiger partial charge >= 0.3 is 6.18 Å². The van der Waals surface area contributed by atoms with E-state index < -0.39 is 98.7 Å². The van der Waals surface area contributed by atoms with Crippen molar-refractivity contribution in [3.63, 3.8) is 0 Å². The van der Waals surface area contributed by atoms with Crippen molar-refractivity contribution in [2.45, 2.75) is 50.0 Å². The van der Waals surface area contributed by atoms with Gasteiger partial charge in [0.15, 0.2) is 11.4 Å². The van der Waals surface area contributed by atoms with Crippen LogP contribution in [0.4, 0.5) is 13.2 Å². The highest BCUT2D eigenvalue weighted by molar-refractivity contribution is 6.24. The Morgan fingerprint density at radius 1 is 1.16 bits per heavy atom. The highest BCUT2D eigenvalue weighted by atomic mass is 19.4. The van der Waals surface area contributed by atoms with Crippen LogP contribution in [0.1, 0.15) is 41.5 Å². The summed E-state index contributed by atoms with van der Waals surface area (Å²) < 4.78 is 44.1. The van der Waals surface area contributed by atoms with Crippen molar-refractivity contribution < 1.29 is 53.1 Å². The van der Waals surface area contributed by atoms with Gasteiger partial charge in [-0.1, -0.05) is 0 Å². The number of benzene rings is 1. The van der Waals surface area contributed by atoms with Crippen LogP contribution in [0.3, 0.4) is 0 Å². The normalized spacial score (nSPS) is 28.7. The molecule has 0 bridgehead atoms. The molecule has 2 fully saturated rings. The summed E-state index contributed by atoms with van der Waals surface area (Å²) in [5.41, 5.74) is -1.37. The highest BCUT2D eigenvalue weighted by Gasteiger charge is 2.64. The number of piperidine rings is 1. The summed E-state index contributed by atoms with van der Waals surface area (Å²) in [4.78, 5) is 42.3. The van der Waals surface area contributed by atoms with Crippen LogP contribution in [0, 0.1) is 17.8 Å². The SMILES string of the molecule is CN(C)[C@@H]1C(=O)C(C(N)=O)=C(O)[C@@]2(O)C(=O)C3=C(O)c4c(O)cc(CN5CCC(CO)CC5)c(C(F)(F)F)c4C[C@H]3C[C@@H]12. The minimum absolute atomic E-state index is 0.0108. The lowest BCUT2D eigenvalue weighted by Crippen LogP contribution is -2.65. The number of nitrogens with zero attached hydrogens (tertiary/aromatic N) is 2. The summed E-state index contributed by atoms with van der Waals surface area (Å²) in [7, 11) is 2.87. The molecule has 234 valence electrons. The monoisotopic (exact) mass is 609 g/mol. The van der Waals surface area contributed by atoms with E-state index in [2.05, 4.69) is 0 Å². The molecule has 0 unspecified atom stereocenters. The summed E-state index contributed by atoms with van der Waals surface area (Å²) in [5, 5.41) is 54.2. The number of aliphatic hydroxyl groups excluding tert-OH is 3. The molecule has 11 nitrogen and oxygen atoms in total. The van der Waals surface area contributed by atoms with Crippen LogP contribution < -0.4 is 5.73 Å². The first kappa shape index (κ1) is 31.0. The fraction of sp³-hybridized carbons (Fsp3) is 0.552. The number of rotatable bonds is 5. The summed E-state index contributed by atoms with van der Waals surface area (Å²) in [6.45, 7) is 0.723. The molecule has 1 aliphatic heterocycles. The molecule has 1 aromatic rings. The van der Waals surface area contributed by atoms with Crippen LogP contribution in [0.25, 0.3) is 5.76 Å². The molecule has 0 aromatic heterocycles. The van der Waals surface area contributed by atoms with Crippen molar-refractivity contribution in [3.05, 3.63) is 45.2 Å². The van der Waals surface area contributed by atoms with E-state index in [1.165, 1.54) is 19.0 Å². The molecule has 43 heavy (non-hydrogen) atoms. The van der Waals surface area contributed by atoms with Crippen molar-refractivity contribution in [3.8, 4) is 5.75 Å². The lowest BCUT2D eigenvalue weighted by Gasteiger charge is -2.50. The second kappa shape index (κ2) is 10.6. The molecule has 4 atom stereocenters. The van der Waals surface area contributed by atoms with E-state index in [0.717, 1.165) is 6.07 Å². The number of carbonyl (C=O) groups is 3. The Morgan fingerprint density at radius 3 is 2.33 bits per heavy atom. The van der Waals surface area contributed by atoms with Gasteiger partial charge in [-0.05, 0) is 81.9 Å². The molecule has 7 N–H and O–H groups in total. The number of phenolic OH excluding ortho intramolecular Hbond substituents is 1. The van der Waals surface area contributed by atoms with E-state index in [4.69, 9.17) is 5.73 Å². The van der Waals surface area contributed by atoms with E-state index in [1.807, 2.05) is 0 Å². The third kappa shape index (κ3) is 4.71. The Balaban J connectivity index is 1.66. The number of phenols is 1. The number of hydrogen-bond acceptors (Lipinski definition) is 10. The van der Waals surface area contributed by atoms with E-state index in [1.54, 1.807) is 4.90 Å². The topological polar surface area (TPSA) is 185 Å². The predicted octanol–water partition coefficient (Wildman–Crippen LogP) is 1.19. The molecule has 4 aliphatic rings. The number of fused-ring (bicyclic) bond motifs is 3. The summed E-state index contributed by atoms with van der Waals surface area (Å²) >= 11 is 0. The minimum Gasteiger partial charge on any atom is -0.508 e. The van der Waals surface area contributed by atoms with E-state index in [-0.39, 0.29) is 31.1 Å². The van der Waals surface area contributed by atoms with E-state index in [0.29, 0.717) is 25.9 Å². The molecule has 1 amide bonds. The molecular weight excluding hydrogens is 575 g/mol. The van der Waals surface area contributed by atoms with Gasteiger partial charge in [-0.2, -0.15) is 13.2 Å². The fourth-order valence-electron chi connectivity index (χ4n) is 7.43. The number of aromatic hydroxyl groups is 1. The second-order valence-electron chi connectivity index (χ2n) is 12.1. The van der Waals surface area contributed by atoms with Crippen molar-refractivity contribution >= 4 is 23.2 Å². The van der Waals surface area contributed by atoms with Crippen LogP contribution >= 0.6 is 0 Å². The van der Waals surface area contributed by atoms with Crippen LogP contribution in [0.5, 0.6) is 5.75 Å². The van der Waals surface area contributed by atoms with Crippen LogP contribution in [0.2, 0.25) is 0 Å². The quantitative estimate of drug-likeness (QED) is 0.265. The summed E-state index contributed by atoms with van der Waals surface area (Å²) in [6.07, 6.45) is -4.49. The number of likely N-dealkylation sites (N-methyl/N-ethyl adjacent to an activating group) is 1. The van der Waals surface area contributed by atoms with Crippen molar-refractivity contribution in [1.29, 1.82) is 0 Å². The number of aliphatic hydroxyl groups is 4. The number of primary amides is 1. The fourth-order valence-corrected chi connectivity index (χ4v) is 7.43. The number of halogens is 3. The maximum atomic E-state index is 14.7. The molecule has 1 saturated heterocycles. The Kier molecular flexibility index (Phi) is 7.65. The zero-order chi connectivity index (χ0) is 31.8. The Bertz CT molecular complexity index is 1460. The number of ketones is 2. The minimum atomic E-state index is -4.90. The molecule has 0 spiro atoms. The average molecular weight is 610 g/mol. The maximum Gasteiger partial charge on any atom is 0.417 e. The molecule has 3 aliphatic carbocycles. The van der Waals surface area contributed by atoms with Crippen molar-refractivity contribution in [1.82, 2.24) is 9.80 Å². The van der Waals surface area contributed by atoms with Gasteiger partial charge in [-0.15, -0.1) is 0 Å². The van der Waals surface area contributed by atoms with Crippen LogP contribution in [-0.4, -0.2) is 98.2 Å². The zero-order valence-corrected chi connectivity index (χ0v) is 23.6. The average Bonchev–Trinajstić information content (AvgIpc) is 2.90. The molecule has 0 radical (unpaired) electrons. The predicted molar refractivity (Wildman–Crippen MR) is 144 cm³/mol. The van der Waals surface area contributed by atoms with Gasteiger partial charge in [0, 0.05) is 24.6 Å². The zero-order valence-electron chi connectivity index (χ0n) is 23.6. The van der Waals surface area contributed by atoms with Gasteiger partial charge in [0.1, 0.15) is 22.8 Å². The first-order chi connectivity index (χ1) is 20.0. The summed E-state index contributed by atoms with van der Waals surface area (Å²) in [5.74, 6) is -9.05. The molecule has 1 saturated carbocycles. The molecule has 5 rings (SSSR count). The van der Waals surface area contributed by atoms with Gasteiger partial charge < -0.3 is 31.3 Å². The standard InChI is InChI=1S/C29H34F3N3O8/c1-34(2)22-16-8-13-7-15-19(23(38)18(13)25(40)28(16,43)26(41)20(24(22)39)27(33)42)17(37)9-14(21(15)29(30,31)32)10-35-5-3-12(11-36)4-6-35/h9,12-13,16,22,36-38,41,43H,3-8,10-11H2,1-2H3,(H2,33,42)/t13-,16-,22-,28-/m0/s1. The van der Waals surface area contributed by atoms with Crippen LogP contribution in [-0.2, 0) is 33.5 Å². The van der Waals surface area contributed by atoms with Gasteiger partial charge in [0.2, 0.25) is 5.78 Å². The highest BCUT2D eigenvalue weighted by Crippen LogP contribution is 2.54. The van der Waals surface area contributed by atoms with Gasteiger partial charge in [-0.3, -0.25) is 24.2 Å². The molecule has 1 heterocycles. The number of alkyl halides is 3.